The summed E-state index contributed by atoms with van der Waals surface area (Å²) in [7, 11) is 0. The summed E-state index contributed by atoms with van der Waals surface area (Å²) in [6, 6.07) is 0. The summed E-state index contributed by atoms with van der Waals surface area (Å²) in [4.78, 5) is 24.5. The maximum Gasteiger partial charge on any atom is 0.325 e. The summed E-state index contributed by atoms with van der Waals surface area (Å²) < 4.78 is 0. The molecule has 0 saturated heterocycles. The first kappa shape index (κ1) is 10.4. The fourth-order valence-corrected chi connectivity index (χ4v) is 1.22. The fourth-order valence-electron chi connectivity index (χ4n) is 1.22. The lowest BCUT2D eigenvalue weighted by atomic mass is 9.95. The van der Waals surface area contributed by atoms with Crippen LogP contribution in [0.1, 0.15) is 12.8 Å². The number of allylic oxidation sites excluding steroid dienone is 1. The van der Waals surface area contributed by atoms with E-state index in [4.69, 9.17) is 10.2 Å². The van der Waals surface area contributed by atoms with Gasteiger partial charge >= 0.3 is 11.9 Å². The number of aliphatic imine (C=N–C) groups is 1. The van der Waals surface area contributed by atoms with Gasteiger partial charge in [-0.1, -0.05) is 6.08 Å². The first-order valence-electron chi connectivity index (χ1n) is 4.25. The summed E-state index contributed by atoms with van der Waals surface area (Å²) >= 11 is 0. The van der Waals surface area contributed by atoms with Crippen LogP contribution in [0.5, 0.6) is 0 Å². The van der Waals surface area contributed by atoms with E-state index in [1.807, 2.05) is 0 Å². The summed E-state index contributed by atoms with van der Waals surface area (Å²) in [5.74, 6) is -2.29. The Labute approximate surface area is 80.8 Å². The number of hydrogen-bond donors (Lipinski definition) is 2. The molecular weight excluding hydrogens is 186 g/mol. The molecule has 2 N–H and O–H groups in total. The minimum absolute atomic E-state index is 0.253. The van der Waals surface area contributed by atoms with Crippen molar-refractivity contribution in [1.29, 1.82) is 0 Å². The standard InChI is InChI=1S/C9H11NO4/c11-8(12)5-10-7-3-1-6(2-4-7)9(13)14/h1,3,6H,2,4-5H2,(H,11,12)(H,13,14). The highest BCUT2D eigenvalue weighted by molar-refractivity contribution is 5.97. The average molecular weight is 197 g/mol. The van der Waals surface area contributed by atoms with Gasteiger partial charge in [-0.2, -0.15) is 0 Å². The zero-order chi connectivity index (χ0) is 10.6. The molecule has 0 heterocycles. The van der Waals surface area contributed by atoms with Crippen molar-refractivity contribution in [3.63, 3.8) is 0 Å². The van der Waals surface area contributed by atoms with Gasteiger partial charge in [0.05, 0.1) is 5.92 Å². The van der Waals surface area contributed by atoms with Crippen molar-refractivity contribution in [1.82, 2.24) is 0 Å². The lowest BCUT2D eigenvalue weighted by Crippen LogP contribution is -2.17. The van der Waals surface area contributed by atoms with E-state index in [1.165, 1.54) is 0 Å². The normalized spacial score (nSPS) is 23.7. The van der Waals surface area contributed by atoms with Crippen LogP contribution >= 0.6 is 0 Å². The van der Waals surface area contributed by atoms with Crippen molar-refractivity contribution in [2.24, 2.45) is 10.9 Å². The van der Waals surface area contributed by atoms with Crippen molar-refractivity contribution in [3.8, 4) is 0 Å². The molecule has 0 aromatic heterocycles. The smallest absolute Gasteiger partial charge is 0.325 e. The van der Waals surface area contributed by atoms with Crippen LogP contribution in [-0.2, 0) is 9.59 Å². The SMILES string of the molecule is O=C(O)CN=C1C=CC(C(=O)O)CC1. The molecule has 0 saturated carbocycles. The second kappa shape index (κ2) is 4.55. The van der Waals surface area contributed by atoms with Gasteiger partial charge in [-0.25, -0.2) is 0 Å². The predicted octanol–water partition coefficient (Wildman–Crippen LogP) is 0.563. The van der Waals surface area contributed by atoms with Crippen molar-refractivity contribution in [2.45, 2.75) is 12.8 Å². The first-order chi connectivity index (χ1) is 6.59. The number of hydrogen-bond acceptors (Lipinski definition) is 3. The number of carboxylic acid groups (broad SMARTS) is 2. The highest BCUT2D eigenvalue weighted by atomic mass is 16.4. The molecular formula is C9H11NO4. The molecule has 0 aliphatic heterocycles. The Balaban J connectivity index is 2.55. The third kappa shape index (κ3) is 3.01. The van der Waals surface area contributed by atoms with Gasteiger partial charge in [0, 0.05) is 5.71 Å². The van der Waals surface area contributed by atoms with Gasteiger partial charge in [0.1, 0.15) is 6.54 Å². The highest BCUT2D eigenvalue weighted by Crippen LogP contribution is 2.15. The van der Waals surface area contributed by atoms with Gasteiger partial charge in [0.25, 0.3) is 0 Å². The molecule has 0 amide bonds. The lowest BCUT2D eigenvalue weighted by Gasteiger charge is -2.12. The van der Waals surface area contributed by atoms with E-state index in [1.54, 1.807) is 12.2 Å². The summed E-state index contributed by atoms with van der Waals surface area (Å²) in [6.07, 6.45) is 4.16. The zero-order valence-electron chi connectivity index (χ0n) is 7.51. The molecule has 0 aromatic carbocycles. The van der Waals surface area contributed by atoms with Gasteiger partial charge in [0.15, 0.2) is 0 Å². The number of aliphatic carboxylic acids is 2. The van der Waals surface area contributed by atoms with Crippen molar-refractivity contribution < 1.29 is 19.8 Å². The maximum absolute atomic E-state index is 10.5. The molecule has 1 rings (SSSR count). The Kier molecular flexibility index (Phi) is 3.39. The van der Waals surface area contributed by atoms with E-state index in [2.05, 4.69) is 4.99 Å². The Bertz CT molecular complexity index is 306. The number of carbonyl (C=O) groups is 2. The fraction of sp³-hybridized carbons (Fsp3) is 0.444. The molecule has 1 unspecified atom stereocenters. The van der Waals surface area contributed by atoms with Crippen LogP contribution in [0.3, 0.4) is 0 Å². The van der Waals surface area contributed by atoms with E-state index >= 15 is 0 Å². The quantitative estimate of drug-likeness (QED) is 0.692. The predicted molar refractivity (Wildman–Crippen MR) is 49.4 cm³/mol. The summed E-state index contributed by atoms with van der Waals surface area (Å²) in [5, 5.41) is 17.0. The molecule has 1 atom stereocenters. The monoisotopic (exact) mass is 197 g/mol. The third-order valence-corrected chi connectivity index (χ3v) is 1.97. The Morgan fingerprint density at radius 1 is 1.50 bits per heavy atom. The van der Waals surface area contributed by atoms with Crippen LogP contribution in [0.15, 0.2) is 17.1 Å². The number of rotatable bonds is 3. The third-order valence-electron chi connectivity index (χ3n) is 1.97. The van der Waals surface area contributed by atoms with E-state index in [9.17, 15) is 9.59 Å². The molecule has 0 spiro atoms. The van der Waals surface area contributed by atoms with Crippen LogP contribution in [0.25, 0.3) is 0 Å². The van der Waals surface area contributed by atoms with E-state index in [0.717, 1.165) is 0 Å². The molecule has 5 heteroatoms. The van der Waals surface area contributed by atoms with Crippen LogP contribution < -0.4 is 0 Å². The largest absolute Gasteiger partial charge is 0.481 e. The van der Waals surface area contributed by atoms with Gasteiger partial charge in [-0.05, 0) is 18.9 Å². The maximum atomic E-state index is 10.5. The molecule has 0 aromatic rings. The van der Waals surface area contributed by atoms with Gasteiger partial charge in [-0.15, -0.1) is 0 Å². The molecule has 1 aliphatic rings. The van der Waals surface area contributed by atoms with Gasteiger partial charge in [0.2, 0.25) is 0 Å². The summed E-state index contributed by atoms with van der Waals surface area (Å²) in [6.45, 7) is -0.253. The molecule has 5 nitrogen and oxygen atoms in total. The van der Waals surface area contributed by atoms with E-state index in [0.29, 0.717) is 18.6 Å². The molecule has 14 heavy (non-hydrogen) atoms. The topological polar surface area (TPSA) is 87.0 Å². The average Bonchev–Trinajstić information content (AvgIpc) is 2.15. The van der Waals surface area contributed by atoms with Gasteiger partial charge < -0.3 is 10.2 Å². The van der Waals surface area contributed by atoms with Crippen LogP contribution in [-0.4, -0.2) is 34.4 Å². The van der Waals surface area contributed by atoms with Gasteiger partial charge in [-0.3, -0.25) is 14.6 Å². The van der Waals surface area contributed by atoms with Crippen LogP contribution in [0, 0.1) is 5.92 Å². The second-order valence-electron chi connectivity index (χ2n) is 3.04. The number of carboxylic acids is 2. The molecule has 76 valence electrons. The minimum atomic E-state index is -0.980. The van der Waals surface area contributed by atoms with E-state index < -0.39 is 17.9 Å². The van der Waals surface area contributed by atoms with Crippen molar-refractivity contribution >= 4 is 17.7 Å². The molecule has 0 fully saturated rings. The second-order valence-corrected chi connectivity index (χ2v) is 3.04. The van der Waals surface area contributed by atoms with Crippen molar-refractivity contribution in [3.05, 3.63) is 12.2 Å². The molecule has 0 radical (unpaired) electrons. The zero-order valence-corrected chi connectivity index (χ0v) is 7.51. The highest BCUT2D eigenvalue weighted by Gasteiger charge is 2.18. The Morgan fingerprint density at radius 3 is 2.64 bits per heavy atom. The first-order valence-corrected chi connectivity index (χ1v) is 4.25. The minimum Gasteiger partial charge on any atom is -0.481 e. The molecule has 1 aliphatic carbocycles. The van der Waals surface area contributed by atoms with Crippen LogP contribution in [0.2, 0.25) is 0 Å². The molecule has 0 bridgehead atoms. The Morgan fingerprint density at radius 2 is 2.21 bits per heavy atom. The Hall–Kier alpha value is -1.65. The van der Waals surface area contributed by atoms with Crippen LogP contribution in [0.4, 0.5) is 0 Å². The summed E-state index contributed by atoms with van der Waals surface area (Å²) in [5.41, 5.74) is 0.657. The van der Waals surface area contributed by atoms with Crippen molar-refractivity contribution in [2.75, 3.05) is 6.54 Å². The van der Waals surface area contributed by atoms with E-state index in [-0.39, 0.29) is 6.54 Å². The lowest BCUT2D eigenvalue weighted by molar-refractivity contribution is -0.140. The number of nitrogens with zero attached hydrogens (tertiary/aromatic N) is 1.